The lowest BCUT2D eigenvalue weighted by Crippen LogP contribution is -2.40. The highest BCUT2D eigenvalue weighted by Crippen LogP contribution is 2.27. The lowest BCUT2D eigenvalue weighted by Gasteiger charge is -2.32. The molecule has 3 nitrogen and oxygen atoms in total. The van der Waals surface area contributed by atoms with Crippen LogP contribution in [0.4, 0.5) is 0 Å². The molecule has 6 heteroatoms. The third kappa shape index (κ3) is 7.04. The average Bonchev–Trinajstić information content (AvgIpc) is 2.55. The van der Waals surface area contributed by atoms with Gasteiger partial charge >= 0.3 is 0 Å². The van der Waals surface area contributed by atoms with Gasteiger partial charge in [-0.05, 0) is 59.9 Å². The monoisotopic (exact) mass is 420 g/mol. The Balaban J connectivity index is 0.00000264. The van der Waals surface area contributed by atoms with E-state index in [0.29, 0.717) is 12.3 Å². The molecule has 0 spiro atoms. The number of hydrogen-bond donors (Lipinski definition) is 1. The van der Waals surface area contributed by atoms with Crippen LogP contribution in [0.3, 0.4) is 0 Å². The van der Waals surface area contributed by atoms with Crippen molar-refractivity contribution in [3.63, 3.8) is 0 Å². The molecule has 130 valence electrons. The van der Waals surface area contributed by atoms with Crippen molar-refractivity contribution in [2.24, 2.45) is 5.92 Å². The molecule has 0 radical (unpaired) electrons. The predicted molar refractivity (Wildman–Crippen MR) is 105 cm³/mol. The van der Waals surface area contributed by atoms with Crippen LogP contribution in [0.15, 0.2) is 33.6 Å². The Bertz CT molecular complexity index is 481. The Hall–Kier alpha value is -0.230. The molecular formula is C17H26BrClN2OS. The van der Waals surface area contributed by atoms with Crippen LogP contribution in [0.1, 0.15) is 26.2 Å². The third-order valence-electron chi connectivity index (χ3n) is 4.06. The van der Waals surface area contributed by atoms with Crippen LogP contribution in [0.25, 0.3) is 0 Å². The second kappa shape index (κ2) is 11.3. The molecule has 1 aromatic rings. The van der Waals surface area contributed by atoms with Crippen molar-refractivity contribution in [3.05, 3.63) is 28.7 Å². The van der Waals surface area contributed by atoms with Crippen LogP contribution >= 0.6 is 40.1 Å². The second-order valence-electron chi connectivity index (χ2n) is 5.66. The first-order valence-electron chi connectivity index (χ1n) is 8.06. The van der Waals surface area contributed by atoms with Crippen LogP contribution in [0.5, 0.6) is 0 Å². The van der Waals surface area contributed by atoms with Gasteiger partial charge in [0.1, 0.15) is 0 Å². The fourth-order valence-electron chi connectivity index (χ4n) is 2.70. The third-order valence-corrected chi connectivity index (χ3v) is 6.09. The molecule has 0 bridgehead atoms. The van der Waals surface area contributed by atoms with Gasteiger partial charge in [-0.25, -0.2) is 0 Å². The summed E-state index contributed by atoms with van der Waals surface area (Å²) in [5.41, 5.74) is 0. The van der Waals surface area contributed by atoms with E-state index in [1.54, 1.807) is 11.8 Å². The normalized spacial score (nSPS) is 15.3. The summed E-state index contributed by atoms with van der Waals surface area (Å²) in [5, 5.41) is 3.41. The number of carbonyl (C=O) groups excluding carboxylic acids is 1. The van der Waals surface area contributed by atoms with E-state index in [9.17, 15) is 4.79 Å². The number of rotatable bonds is 7. The minimum Gasteiger partial charge on any atom is -0.343 e. The van der Waals surface area contributed by atoms with Crippen molar-refractivity contribution >= 4 is 46.0 Å². The topological polar surface area (TPSA) is 32.3 Å². The summed E-state index contributed by atoms with van der Waals surface area (Å²) in [4.78, 5) is 15.5. The van der Waals surface area contributed by atoms with Crippen LogP contribution in [0.2, 0.25) is 0 Å². The first-order valence-corrected chi connectivity index (χ1v) is 9.84. The maximum Gasteiger partial charge on any atom is 0.223 e. The van der Waals surface area contributed by atoms with Crippen LogP contribution in [-0.2, 0) is 4.79 Å². The first-order chi connectivity index (χ1) is 10.7. The van der Waals surface area contributed by atoms with Gasteiger partial charge in [0.05, 0.1) is 0 Å². The minimum atomic E-state index is 0. The summed E-state index contributed by atoms with van der Waals surface area (Å²) in [6.07, 6.45) is 2.90. The SMILES string of the molecule is CCNCC1CCN(C(=O)CCSc2ccccc2Br)CC1.Cl. The van der Waals surface area contributed by atoms with Gasteiger partial charge in [0, 0.05) is 34.6 Å². The molecule has 0 unspecified atom stereocenters. The molecule has 0 atom stereocenters. The number of nitrogens with one attached hydrogen (secondary N) is 1. The summed E-state index contributed by atoms with van der Waals surface area (Å²) in [7, 11) is 0. The number of benzene rings is 1. The predicted octanol–water partition coefficient (Wildman–Crippen LogP) is 4.20. The highest BCUT2D eigenvalue weighted by molar-refractivity contribution is 9.10. The number of halogens is 2. The van der Waals surface area contributed by atoms with Gasteiger partial charge in [0.25, 0.3) is 0 Å². The Labute approximate surface area is 158 Å². The van der Waals surface area contributed by atoms with Crippen LogP contribution < -0.4 is 5.32 Å². The number of carbonyl (C=O) groups is 1. The zero-order valence-corrected chi connectivity index (χ0v) is 16.8. The van der Waals surface area contributed by atoms with E-state index >= 15 is 0 Å². The van der Waals surface area contributed by atoms with Crippen molar-refractivity contribution < 1.29 is 4.79 Å². The molecule has 1 fully saturated rings. The summed E-state index contributed by atoms with van der Waals surface area (Å²) >= 11 is 5.29. The molecule has 1 aromatic carbocycles. The van der Waals surface area contributed by atoms with E-state index in [2.05, 4.69) is 34.2 Å². The van der Waals surface area contributed by atoms with Gasteiger partial charge in [-0.2, -0.15) is 0 Å². The van der Waals surface area contributed by atoms with Crippen molar-refractivity contribution in [2.75, 3.05) is 31.9 Å². The molecule has 1 amide bonds. The lowest BCUT2D eigenvalue weighted by molar-refractivity contribution is -0.132. The fourth-order valence-corrected chi connectivity index (χ4v) is 4.21. The maximum absolute atomic E-state index is 12.3. The average molecular weight is 422 g/mol. The van der Waals surface area contributed by atoms with Crippen LogP contribution in [0, 0.1) is 5.92 Å². The van der Waals surface area contributed by atoms with Gasteiger partial charge in [0.2, 0.25) is 5.91 Å². The highest BCUT2D eigenvalue weighted by Gasteiger charge is 2.22. The van der Waals surface area contributed by atoms with Gasteiger partial charge in [0.15, 0.2) is 0 Å². The number of hydrogen-bond acceptors (Lipinski definition) is 3. The largest absolute Gasteiger partial charge is 0.343 e. The van der Waals surface area contributed by atoms with Crippen molar-refractivity contribution in [1.29, 1.82) is 0 Å². The van der Waals surface area contributed by atoms with Gasteiger partial charge in [-0.15, -0.1) is 24.2 Å². The minimum absolute atomic E-state index is 0. The fraction of sp³-hybridized carbons (Fsp3) is 0.588. The van der Waals surface area contributed by atoms with E-state index in [-0.39, 0.29) is 12.4 Å². The maximum atomic E-state index is 12.3. The highest BCUT2D eigenvalue weighted by atomic mass is 79.9. The van der Waals surface area contributed by atoms with E-state index in [4.69, 9.17) is 0 Å². The number of piperidine rings is 1. The molecule has 1 aliphatic heterocycles. The van der Waals surface area contributed by atoms with Crippen LogP contribution in [-0.4, -0.2) is 42.7 Å². The van der Waals surface area contributed by atoms with Crippen molar-refractivity contribution in [3.8, 4) is 0 Å². The zero-order chi connectivity index (χ0) is 15.8. The molecule has 0 aromatic heterocycles. The Morgan fingerprint density at radius 3 is 2.70 bits per heavy atom. The molecule has 1 saturated heterocycles. The number of amides is 1. The van der Waals surface area contributed by atoms with Crippen molar-refractivity contribution in [2.45, 2.75) is 31.1 Å². The summed E-state index contributed by atoms with van der Waals surface area (Å²) in [6, 6.07) is 8.17. The molecule has 1 N–H and O–H groups in total. The van der Waals surface area contributed by atoms with E-state index < -0.39 is 0 Å². The Morgan fingerprint density at radius 1 is 1.35 bits per heavy atom. The van der Waals surface area contributed by atoms with E-state index in [1.807, 2.05) is 23.1 Å². The quantitative estimate of drug-likeness (QED) is 0.670. The van der Waals surface area contributed by atoms with E-state index in [1.165, 1.54) is 4.90 Å². The molecule has 2 rings (SSSR count). The molecule has 23 heavy (non-hydrogen) atoms. The zero-order valence-electron chi connectivity index (χ0n) is 13.6. The van der Waals surface area contributed by atoms with Gasteiger partial charge < -0.3 is 10.2 Å². The Morgan fingerprint density at radius 2 is 2.04 bits per heavy atom. The lowest BCUT2D eigenvalue weighted by atomic mass is 9.96. The second-order valence-corrected chi connectivity index (χ2v) is 7.65. The molecule has 1 heterocycles. The smallest absolute Gasteiger partial charge is 0.223 e. The van der Waals surface area contributed by atoms with Gasteiger partial charge in [-0.1, -0.05) is 19.1 Å². The summed E-state index contributed by atoms with van der Waals surface area (Å²) < 4.78 is 1.11. The van der Waals surface area contributed by atoms with E-state index in [0.717, 1.165) is 55.2 Å². The van der Waals surface area contributed by atoms with Crippen molar-refractivity contribution in [1.82, 2.24) is 10.2 Å². The summed E-state index contributed by atoms with van der Waals surface area (Å²) in [6.45, 7) is 6.12. The standard InChI is InChI=1S/C17H25BrN2OS.ClH/c1-2-19-13-14-7-10-20(11-8-14)17(21)9-12-22-16-6-4-3-5-15(16)18;/h3-6,14,19H,2,7-13H2,1H3;1H. The first kappa shape index (κ1) is 20.8. The summed E-state index contributed by atoms with van der Waals surface area (Å²) in [5.74, 6) is 1.89. The molecule has 0 saturated carbocycles. The molecular weight excluding hydrogens is 396 g/mol. The molecule has 0 aliphatic carbocycles. The number of nitrogens with zero attached hydrogens (tertiary/aromatic N) is 1. The number of likely N-dealkylation sites (tertiary alicyclic amines) is 1. The number of thioether (sulfide) groups is 1. The van der Waals surface area contributed by atoms with Gasteiger partial charge in [-0.3, -0.25) is 4.79 Å². The Kier molecular flexibility index (Phi) is 10.3. The molecule has 1 aliphatic rings.